The van der Waals surface area contributed by atoms with Crippen molar-refractivity contribution < 1.29 is 14.3 Å². The van der Waals surface area contributed by atoms with Crippen LogP contribution in [0.25, 0.3) is 44.8 Å². The van der Waals surface area contributed by atoms with Crippen LogP contribution in [0.1, 0.15) is 52.0 Å². The van der Waals surface area contributed by atoms with E-state index in [1.165, 1.54) is 12.8 Å². The second-order valence-electron chi connectivity index (χ2n) is 13.2. The molecule has 2 amide bonds. The van der Waals surface area contributed by atoms with Crippen molar-refractivity contribution in [3.05, 3.63) is 65.2 Å². The Morgan fingerprint density at radius 2 is 1.93 bits per heavy atom. The van der Waals surface area contributed by atoms with E-state index in [4.69, 9.17) is 20.4 Å². The number of nitrogens with two attached hydrogens (primary N) is 1. The molecule has 45 heavy (non-hydrogen) atoms. The molecule has 2 unspecified atom stereocenters. The average molecular weight is 602 g/mol. The predicted molar refractivity (Wildman–Crippen MR) is 171 cm³/mol. The monoisotopic (exact) mass is 601 g/mol. The lowest BCUT2D eigenvalue weighted by Gasteiger charge is -2.27. The summed E-state index contributed by atoms with van der Waals surface area (Å²) in [5.41, 5.74) is 13.9. The molecule has 5 heterocycles. The van der Waals surface area contributed by atoms with Crippen molar-refractivity contribution in [3.8, 4) is 28.5 Å². The summed E-state index contributed by atoms with van der Waals surface area (Å²) in [4.78, 5) is 38.3. The van der Waals surface area contributed by atoms with Gasteiger partial charge >= 0.3 is 0 Å². The smallest absolute Gasteiger partial charge is 0.254 e. The highest BCUT2D eigenvalue weighted by Crippen LogP contribution is 2.40. The number of ether oxygens (including phenoxy) is 1. The van der Waals surface area contributed by atoms with Gasteiger partial charge in [0.15, 0.2) is 5.82 Å². The van der Waals surface area contributed by atoms with Crippen LogP contribution < -0.4 is 15.8 Å². The SMILES string of the molecule is COc1cc(C(=O)N2CC3CCC2[C@@H]3N)cc2nc(-c3cc4ccc(-c5ccc6c(c5)C(=O)NC6)nc4n3CC3CC3)n(C)c12. The highest BCUT2D eigenvalue weighted by Gasteiger charge is 2.47. The number of aryl methyl sites for hydroxylation is 1. The summed E-state index contributed by atoms with van der Waals surface area (Å²) in [7, 11) is 3.64. The van der Waals surface area contributed by atoms with Crippen LogP contribution in [0, 0.1) is 11.8 Å². The van der Waals surface area contributed by atoms with E-state index >= 15 is 0 Å². The highest BCUT2D eigenvalue weighted by molar-refractivity contribution is 6.01. The summed E-state index contributed by atoms with van der Waals surface area (Å²) in [6.07, 6.45) is 4.45. The van der Waals surface area contributed by atoms with Gasteiger partial charge in [-0.2, -0.15) is 0 Å². The van der Waals surface area contributed by atoms with Crippen molar-refractivity contribution in [3.63, 3.8) is 0 Å². The Morgan fingerprint density at radius 3 is 2.69 bits per heavy atom. The molecule has 2 aliphatic carbocycles. The molecule has 9 rings (SSSR count). The van der Waals surface area contributed by atoms with Gasteiger partial charge in [0, 0.05) is 60.8 Å². The van der Waals surface area contributed by atoms with Gasteiger partial charge in [0.1, 0.15) is 16.9 Å². The summed E-state index contributed by atoms with van der Waals surface area (Å²) in [6.45, 7) is 2.14. The Bertz CT molecular complexity index is 2070. The topological polar surface area (TPSA) is 120 Å². The molecule has 228 valence electrons. The number of piperidine rings is 1. The molecule has 3 aromatic heterocycles. The second kappa shape index (κ2) is 9.65. The van der Waals surface area contributed by atoms with Crippen LogP contribution in [0.15, 0.2) is 48.5 Å². The number of carbonyl (C=O) groups excluding carboxylic acids is 2. The molecule has 5 aromatic rings. The minimum Gasteiger partial charge on any atom is -0.494 e. The zero-order valence-electron chi connectivity index (χ0n) is 25.4. The molecule has 1 saturated heterocycles. The standard InChI is InChI=1S/C35H35N7O3/c1-40-31-26(12-23(14-29(31)45-2)35(44)42-17-22-8-10-27(42)30(22)36)39-33(40)28-13-20-7-9-25(38-32(20)41(28)16-18-3-4-18)19-5-6-21-15-37-34(43)24(21)11-19/h5-7,9,11-14,18,22,27,30H,3-4,8,10,15-17,36H2,1-2H3,(H,37,43)/t22?,27?,30-/m1/s1. The van der Waals surface area contributed by atoms with Crippen LogP contribution in [0.2, 0.25) is 0 Å². The predicted octanol–water partition coefficient (Wildman–Crippen LogP) is 4.48. The second-order valence-corrected chi connectivity index (χ2v) is 13.2. The summed E-state index contributed by atoms with van der Waals surface area (Å²) >= 11 is 0. The van der Waals surface area contributed by atoms with Gasteiger partial charge in [-0.25, -0.2) is 9.97 Å². The summed E-state index contributed by atoms with van der Waals surface area (Å²) in [5.74, 6) is 2.36. The number of benzene rings is 2. The van der Waals surface area contributed by atoms with Crippen molar-refractivity contribution in [2.45, 2.75) is 50.9 Å². The van der Waals surface area contributed by atoms with Gasteiger partial charge in [0.25, 0.3) is 11.8 Å². The van der Waals surface area contributed by atoms with E-state index in [0.29, 0.717) is 36.2 Å². The van der Waals surface area contributed by atoms with E-state index < -0.39 is 0 Å². The van der Waals surface area contributed by atoms with Gasteiger partial charge in [0.05, 0.1) is 24.0 Å². The quantitative estimate of drug-likeness (QED) is 0.296. The molecule has 3 N–H and O–H groups in total. The molecule has 2 aliphatic heterocycles. The van der Waals surface area contributed by atoms with Crippen molar-refractivity contribution in [2.75, 3.05) is 13.7 Å². The number of nitrogens with one attached hydrogen (secondary N) is 1. The van der Waals surface area contributed by atoms with Gasteiger partial charge < -0.3 is 29.8 Å². The number of pyridine rings is 1. The molecular formula is C35H35N7O3. The van der Waals surface area contributed by atoms with Crippen LogP contribution in [0.5, 0.6) is 5.75 Å². The number of likely N-dealkylation sites (tertiary alicyclic amines) is 1. The third-order valence-corrected chi connectivity index (χ3v) is 10.5. The van der Waals surface area contributed by atoms with Crippen molar-refractivity contribution >= 4 is 33.9 Å². The first-order chi connectivity index (χ1) is 21.9. The number of nitrogens with zero attached hydrogens (tertiary/aromatic N) is 5. The summed E-state index contributed by atoms with van der Waals surface area (Å²) in [6, 6.07) is 16.2. The molecule has 2 bridgehead atoms. The first-order valence-electron chi connectivity index (χ1n) is 15.9. The zero-order valence-corrected chi connectivity index (χ0v) is 25.4. The van der Waals surface area contributed by atoms with Gasteiger partial charge in [0.2, 0.25) is 0 Å². The first kappa shape index (κ1) is 26.7. The number of methoxy groups -OCH3 is 1. The molecule has 3 atom stereocenters. The van der Waals surface area contributed by atoms with Crippen LogP contribution >= 0.6 is 0 Å². The largest absolute Gasteiger partial charge is 0.494 e. The van der Waals surface area contributed by atoms with E-state index in [9.17, 15) is 9.59 Å². The van der Waals surface area contributed by atoms with Crippen molar-refractivity contribution in [1.29, 1.82) is 0 Å². The number of imidazole rings is 1. The van der Waals surface area contributed by atoms with Crippen molar-refractivity contribution in [2.24, 2.45) is 24.6 Å². The molecule has 10 nitrogen and oxygen atoms in total. The molecule has 2 aromatic carbocycles. The Balaban J connectivity index is 1.15. The normalized spacial score (nSPS) is 22.1. The van der Waals surface area contributed by atoms with E-state index in [2.05, 4.69) is 26.6 Å². The minimum atomic E-state index is -0.0364. The summed E-state index contributed by atoms with van der Waals surface area (Å²) < 4.78 is 10.2. The van der Waals surface area contributed by atoms with E-state index in [-0.39, 0.29) is 23.9 Å². The maximum Gasteiger partial charge on any atom is 0.254 e. The highest BCUT2D eigenvalue weighted by atomic mass is 16.5. The fourth-order valence-corrected chi connectivity index (χ4v) is 7.86. The number of hydrogen-bond acceptors (Lipinski definition) is 6. The van der Waals surface area contributed by atoms with Crippen LogP contribution in [0.3, 0.4) is 0 Å². The van der Waals surface area contributed by atoms with Crippen LogP contribution in [0.4, 0.5) is 0 Å². The molecule has 3 fully saturated rings. The number of hydrogen-bond donors (Lipinski definition) is 2. The van der Waals surface area contributed by atoms with Crippen LogP contribution in [-0.4, -0.2) is 61.6 Å². The third-order valence-electron chi connectivity index (χ3n) is 10.5. The number of rotatable bonds is 6. The molecule has 0 radical (unpaired) electrons. The van der Waals surface area contributed by atoms with Gasteiger partial charge in [-0.15, -0.1) is 0 Å². The van der Waals surface area contributed by atoms with Gasteiger partial charge in [-0.05, 0) is 79.5 Å². The first-order valence-corrected chi connectivity index (χ1v) is 15.9. The molecule has 4 aliphatic rings. The molecule has 10 heteroatoms. The Kier molecular flexibility index (Phi) is 5.72. The van der Waals surface area contributed by atoms with E-state index in [0.717, 1.165) is 75.4 Å². The Hall–Kier alpha value is -4.70. The lowest BCUT2D eigenvalue weighted by Crippen LogP contribution is -2.41. The number of amides is 2. The van der Waals surface area contributed by atoms with Crippen molar-refractivity contribution in [1.82, 2.24) is 29.3 Å². The number of carbonyl (C=O) groups is 2. The molecule has 0 spiro atoms. The molecule has 2 saturated carbocycles. The maximum atomic E-state index is 13.7. The Labute approximate surface area is 260 Å². The fourth-order valence-electron chi connectivity index (χ4n) is 7.86. The Morgan fingerprint density at radius 1 is 1.07 bits per heavy atom. The lowest BCUT2D eigenvalue weighted by atomic mass is 10.0. The zero-order chi connectivity index (χ0) is 30.6. The molecular weight excluding hydrogens is 566 g/mol. The summed E-state index contributed by atoms with van der Waals surface area (Å²) in [5, 5.41) is 3.93. The third kappa shape index (κ3) is 4.04. The van der Waals surface area contributed by atoms with Gasteiger partial charge in [-0.1, -0.05) is 12.1 Å². The number of fused-ring (bicyclic) bond motifs is 5. The average Bonchev–Trinajstić information content (AvgIpc) is 3.26. The minimum absolute atomic E-state index is 0.00587. The van der Waals surface area contributed by atoms with E-state index in [1.807, 2.05) is 48.3 Å². The van der Waals surface area contributed by atoms with E-state index in [1.54, 1.807) is 7.11 Å². The van der Waals surface area contributed by atoms with Gasteiger partial charge in [-0.3, -0.25) is 9.59 Å². The lowest BCUT2D eigenvalue weighted by molar-refractivity contribution is 0.0700. The maximum absolute atomic E-state index is 13.7. The fraction of sp³-hybridized carbons (Fsp3) is 0.371. The van der Waals surface area contributed by atoms with Crippen LogP contribution in [-0.2, 0) is 20.1 Å². The number of aromatic nitrogens is 4.